The summed E-state index contributed by atoms with van der Waals surface area (Å²) in [4.78, 5) is 2.33. The van der Waals surface area contributed by atoms with E-state index >= 15 is 0 Å². The highest BCUT2D eigenvalue weighted by molar-refractivity contribution is 7.99. The molecule has 1 unspecified atom stereocenters. The van der Waals surface area contributed by atoms with Gasteiger partial charge in [-0.1, -0.05) is 23.7 Å². The zero-order valence-electron chi connectivity index (χ0n) is 11.6. The Morgan fingerprint density at radius 3 is 2.85 bits per heavy atom. The fourth-order valence-electron chi connectivity index (χ4n) is 2.22. The number of nitrogens with zero attached hydrogens (tertiary/aromatic N) is 1. The fraction of sp³-hybridized carbons (Fsp3) is 0.600. The van der Waals surface area contributed by atoms with Crippen molar-refractivity contribution in [3.8, 4) is 0 Å². The molecule has 0 saturated carbocycles. The maximum absolute atomic E-state index is 10.0. The average molecular weight is 316 g/mol. The minimum Gasteiger partial charge on any atom is -0.389 e. The molecule has 0 aliphatic carbocycles. The summed E-state index contributed by atoms with van der Waals surface area (Å²) >= 11 is 7.83. The number of rotatable bonds is 6. The Hall–Kier alpha value is -0.260. The minimum atomic E-state index is -0.412. The molecule has 1 atom stereocenters. The molecule has 0 spiro atoms. The number of β-amino-alcohol motifs (C(OH)–C–C–N with tert-alkyl or cyclic N) is 1. The Morgan fingerprint density at radius 1 is 1.25 bits per heavy atom. The van der Waals surface area contributed by atoms with Crippen LogP contribution in [-0.4, -0.2) is 53.9 Å². The van der Waals surface area contributed by atoms with Gasteiger partial charge in [-0.25, -0.2) is 0 Å². The molecule has 1 N–H and O–H groups in total. The van der Waals surface area contributed by atoms with Crippen molar-refractivity contribution in [2.75, 3.05) is 37.7 Å². The SMILES string of the molecule is OC(COCc1ccc(Cl)cc1)CN1CCCSCC1. The van der Waals surface area contributed by atoms with E-state index in [1.165, 1.54) is 17.9 Å². The van der Waals surface area contributed by atoms with E-state index in [1.54, 1.807) is 0 Å². The van der Waals surface area contributed by atoms with E-state index in [2.05, 4.69) is 4.90 Å². The molecule has 2 rings (SSSR count). The van der Waals surface area contributed by atoms with Crippen molar-refractivity contribution in [2.45, 2.75) is 19.1 Å². The first kappa shape index (κ1) is 16.1. The van der Waals surface area contributed by atoms with E-state index in [4.69, 9.17) is 16.3 Å². The zero-order valence-corrected chi connectivity index (χ0v) is 13.2. The van der Waals surface area contributed by atoms with Crippen molar-refractivity contribution in [3.05, 3.63) is 34.9 Å². The minimum absolute atomic E-state index is 0.381. The van der Waals surface area contributed by atoms with Gasteiger partial charge in [-0.15, -0.1) is 0 Å². The van der Waals surface area contributed by atoms with Crippen molar-refractivity contribution < 1.29 is 9.84 Å². The van der Waals surface area contributed by atoms with E-state index in [-0.39, 0.29) is 0 Å². The number of hydrogen-bond acceptors (Lipinski definition) is 4. The van der Waals surface area contributed by atoms with E-state index in [0.29, 0.717) is 19.8 Å². The maximum Gasteiger partial charge on any atom is 0.0900 e. The van der Waals surface area contributed by atoms with Gasteiger partial charge in [0.05, 0.1) is 19.3 Å². The predicted octanol–water partition coefficient (Wildman–Crippen LogP) is 2.66. The van der Waals surface area contributed by atoms with Crippen molar-refractivity contribution in [1.29, 1.82) is 0 Å². The lowest BCUT2D eigenvalue weighted by Gasteiger charge is -2.22. The number of benzene rings is 1. The monoisotopic (exact) mass is 315 g/mol. The second-order valence-electron chi connectivity index (χ2n) is 5.06. The van der Waals surface area contributed by atoms with Crippen LogP contribution in [0.15, 0.2) is 24.3 Å². The number of ether oxygens (including phenoxy) is 1. The van der Waals surface area contributed by atoms with Crippen LogP contribution in [0.5, 0.6) is 0 Å². The van der Waals surface area contributed by atoms with E-state index in [1.807, 2.05) is 36.0 Å². The highest BCUT2D eigenvalue weighted by Crippen LogP contribution is 2.12. The van der Waals surface area contributed by atoms with Gasteiger partial charge in [-0.05, 0) is 36.4 Å². The van der Waals surface area contributed by atoms with Crippen LogP contribution >= 0.6 is 23.4 Å². The highest BCUT2D eigenvalue weighted by Gasteiger charge is 2.13. The van der Waals surface area contributed by atoms with Crippen molar-refractivity contribution in [3.63, 3.8) is 0 Å². The third kappa shape index (κ3) is 6.02. The molecule has 1 heterocycles. The summed E-state index contributed by atoms with van der Waals surface area (Å²) in [6.07, 6.45) is 0.800. The Kier molecular flexibility index (Phi) is 7.17. The normalized spacial score (nSPS) is 18.7. The molecule has 1 aromatic carbocycles. The van der Waals surface area contributed by atoms with Crippen molar-refractivity contribution in [1.82, 2.24) is 4.90 Å². The summed E-state index contributed by atoms with van der Waals surface area (Å²) in [5.41, 5.74) is 1.08. The number of aliphatic hydroxyl groups is 1. The maximum atomic E-state index is 10.0. The van der Waals surface area contributed by atoms with Gasteiger partial charge in [0.15, 0.2) is 0 Å². The van der Waals surface area contributed by atoms with Gasteiger partial charge in [-0.3, -0.25) is 4.90 Å². The first-order valence-electron chi connectivity index (χ1n) is 7.04. The highest BCUT2D eigenvalue weighted by atomic mass is 35.5. The summed E-state index contributed by atoms with van der Waals surface area (Å²) in [6.45, 7) is 3.76. The summed E-state index contributed by atoms with van der Waals surface area (Å²) in [6, 6.07) is 7.60. The molecule has 0 bridgehead atoms. The Balaban J connectivity index is 1.64. The summed E-state index contributed by atoms with van der Waals surface area (Å²) in [7, 11) is 0. The lowest BCUT2D eigenvalue weighted by Crippen LogP contribution is -2.36. The predicted molar refractivity (Wildman–Crippen MR) is 85.5 cm³/mol. The number of hydrogen-bond donors (Lipinski definition) is 1. The van der Waals surface area contributed by atoms with Crippen molar-refractivity contribution >= 4 is 23.4 Å². The second-order valence-corrected chi connectivity index (χ2v) is 6.72. The average Bonchev–Trinajstić information content (AvgIpc) is 2.70. The fourth-order valence-corrected chi connectivity index (χ4v) is 3.28. The second kappa shape index (κ2) is 8.90. The molecule has 1 saturated heterocycles. The number of aliphatic hydroxyl groups excluding tert-OH is 1. The topological polar surface area (TPSA) is 32.7 Å². The molecule has 1 aliphatic heterocycles. The third-order valence-corrected chi connectivity index (χ3v) is 4.58. The van der Waals surface area contributed by atoms with Gasteiger partial charge >= 0.3 is 0 Å². The van der Waals surface area contributed by atoms with Crippen LogP contribution in [0, 0.1) is 0 Å². The smallest absolute Gasteiger partial charge is 0.0900 e. The third-order valence-electron chi connectivity index (χ3n) is 3.28. The van der Waals surface area contributed by atoms with E-state index in [9.17, 15) is 5.11 Å². The molecular weight excluding hydrogens is 294 g/mol. The van der Waals surface area contributed by atoms with Crippen LogP contribution in [0.1, 0.15) is 12.0 Å². The van der Waals surface area contributed by atoms with Gasteiger partial charge in [0.1, 0.15) is 0 Å². The van der Waals surface area contributed by atoms with Crippen LogP contribution in [0.4, 0.5) is 0 Å². The number of thioether (sulfide) groups is 1. The molecule has 3 nitrogen and oxygen atoms in total. The van der Waals surface area contributed by atoms with Gasteiger partial charge in [0.25, 0.3) is 0 Å². The zero-order chi connectivity index (χ0) is 14.2. The molecule has 20 heavy (non-hydrogen) atoms. The molecular formula is C15H22ClNO2S. The largest absolute Gasteiger partial charge is 0.389 e. The molecule has 112 valence electrons. The lowest BCUT2D eigenvalue weighted by atomic mass is 10.2. The summed E-state index contributed by atoms with van der Waals surface area (Å²) in [5, 5.41) is 10.8. The van der Waals surface area contributed by atoms with Gasteiger partial charge in [0, 0.05) is 23.9 Å². The van der Waals surface area contributed by atoms with Crippen LogP contribution in [0.3, 0.4) is 0 Å². The molecule has 5 heteroatoms. The first-order valence-corrected chi connectivity index (χ1v) is 8.57. The van der Waals surface area contributed by atoms with E-state index < -0.39 is 6.10 Å². The van der Waals surface area contributed by atoms with E-state index in [0.717, 1.165) is 23.7 Å². The summed E-state index contributed by atoms with van der Waals surface area (Å²) < 4.78 is 5.57. The lowest BCUT2D eigenvalue weighted by molar-refractivity contribution is 0.0111. The Labute approximate surface area is 130 Å². The Bertz CT molecular complexity index is 380. The molecule has 0 amide bonds. The summed E-state index contributed by atoms with van der Waals surface area (Å²) in [5.74, 6) is 2.40. The molecule has 1 fully saturated rings. The molecule has 0 radical (unpaired) electrons. The van der Waals surface area contributed by atoms with Crippen LogP contribution in [0.2, 0.25) is 5.02 Å². The molecule has 1 aliphatic rings. The van der Waals surface area contributed by atoms with Gasteiger partial charge in [-0.2, -0.15) is 11.8 Å². The molecule has 1 aromatic rings. The van der Waals surface area contributed by atoms with Gasteiger partial charge in [0.2, 0.25) is 0 Å². The first-order chi connectivity index (χ1) is 9.74. The van der Waals surface area contributed by atoms with Gasteiger partial charge < -0.3 is 9.84 Å². The van der Waals surface area contributed by atoms with Crippen LogP contribution < -0.4 is 0 Å². The number of halogens is 1. The quantitative estimate of drug-likeness (QED) is 0.875. The molecule has 0 aromatic heterocycles. The van der Waals surface area contributed by atoms with Crippen molar-refractivity contribution in [2.24, 2.45) is 0 Å². The van der Waals surface area contributed by atoms with Crippen LogP contribution in [-0.2, 0) is 11.3 Å². The Morgan fingerprint density at radius 2 is 2.05 bits per heavy atom. The van der Waals surface area contributed by atoms with Crippen LogP contribution in [0.25, 0.3) is 0 Å². The standard InChI is InChI=1S/C15H22ClNO2S/c16-14-4-2-13(3-5-14)11-19-12-15(18)10-17-6-1-8-20-9-7-17/h2-5,15,18H,1,6-12H2.